The summed E-state index contributed by atoms with van der Waals surface area (Å²) in [6.07, 6.45) is 14.7. The van der Waals surface area contributed by atoms with Crippen LogP contribution in [0.25, 0.3) is 0 Å². The molecule has 43 heavy (non-hydrogen) atoms. The lowest BCUT2D eigenvalue weighted by Gasteiger charge is -2.36. The Balaban J connectivity index is 1.67. The van der Waals surface area contributed by atoms with Crippen molar-refractivity contribution in [2.24, 2.45) is 5.92 Å². The average Bonchev–Trinajstić information content (AvgIpc) is 3.00. The van der Waals surface area contributed by atoms with Crippen LogP contribution in [-0.4, -0.2) is 31.1 Å². The van der Waals surface area contributed by atoms with Gasteiger partial charge in [-0.1, -0.05) is 107 Å². The first-order chi connectivity index (χ1) is 20.7. The molecule has 1 aliphatic carbocycles. The SMILES string of the molecule is CCCCCCCCCCOc1ccc(C2C=CC(C(=O)[O-])(c3ccccc3C(=O)C(C)CCOC(C)C)C(F)=C2)cc1. The molecular formula is C37H48FO5-. The number of ketones is 1. The molecule has 234 valence electrons. The van der Waals surface area contributed by atoms with Crippen molar-refractivity contribution in [3.05, 3.63) is 89.3 Å². The van der Waals surface area contributed by atoms with Crippen molar-refractivity contribution >= 4 is 11.8 Å². The van der Waals surface area contributed by atoms with Gasteiger partial charge in [0, 0.05) is 24.0 Å². The van der Waals surface area contributed by atoms with Crippen molar-refractivity contribution in [3.8, 4) is 5.75 Å². The van der Waals surface area contributed by atoms with Gasteiger partial charge in [0.1, 0.15) is 17.0 Å². The number of benzene rings is 2. The molecule has 6 heteroatoms. The molecule has 0 spiro atoms. The first-order valence-corrected chi connectivity index (χ1v) is 16.0. The summed E-state index contributed by atoms with van der Waals surface area (Å²) in [6.45, 7) is 8.90. The van der Waals surface area contributed by atoms with Crippen molar-refractivity contribution < 1.29 is 28.6 Å². The van der Waals surface area contributed by atoms with Gasteiger partial charge in [0.15, 0.2) is 5.78 Å². The highest BCUT2D eigenvalue weighted by Gasteiger charge is 2.42. The van der Waals surface area contributed by atoms with E-state index in [-0.39, 0.29) is 23.0 Å². The van der Waals surface area contributed by atoms with Gasteiger partial charge < -0.3 is 19.4 Å². The molecule has 3 unspecified atom stereocenters. The molecular weight excluding hydrogens is 543 g/mol. The summed E-state index contributed by atoms with van der Waals surface area (Å²) in [5, 5.41) is 12.6. The van der Waals surface area contributed by atoms with E-state index >= 15 is 4.39 Å². The number of hydrogen-bond donors (Lipinski definition) is 0. The second-order valence-corrected chi connectivity index (χ2v) is 11.9. The molecule has 1 aliphatic rings. The molecule has 2 aromatic carbocycles. The van der Waals surface area contributed by atoms with E-state index in [1.54, 1.807) is 31.2 Å². The lowest BCUT2D eigenvalue weighted by molar-refractivity contribution is -0.310. The molecule has 0 saturated carbocycles. The standard InChI is InChI=1S/C37H49FO5/c1-5-6-7-8-9-10-11-14-24-43-31-19-17-29(18-20-31)30-21-23-37(36(40)41,34(38)26-30)33-16-13-12-15-32(33)35(39)28(4)22-25-42-27(2)3/h12-13,15-21,23,26-28,30H,5-11,14,22,24-25H2,1-4H3,(H,40,41)/p-1. The molecule has 0 aromatic heterocycles. The van der Waals surface area contributed by atoms with Crippen LogP contribution in [0.5, 0.6) is 5.75 Å². The Hall–Kier alpha value is -3.25. The number of allylic oxidation sites excluding steroid dienone is 2. The molecule has 0 saturated heterocycles. The van der Waals surface area contributed by atoms with Crippen LogP contribution in [0.1, 0.15) is 113 Å². The first-order valence-electron chi connectivity index (χ1n) is 16.0. The lowest BCUT2D eigenvalue weighted by atomic mass is 9.71. The monoisotopic (exact) mass is 591 g/mol. The van der Waals surface area contributed by atoms with Gasteiger partial charge in [-0.2, -0.15) is 0 Å². The summed E-state index contributed by atoms with van der Waals surface area (Å²) in [6, 6.07) is 13.8. The van der Waals surface area contributed by atoms with Gasteiger partial charge >= 0.3 is 0 Å². The molecule has 0 aliphatic heterocycles. The van der Waals surface area contributed by atoms with E-state index in [1.165, 1.54) is 56.7 Å². The summed E-state index contributed by atoms with van der Waals surface area (Å²) in [4.78, 5) is 26.0. The molecule has 0 radical (unpaired) electrons. The lowest BCUT2D eigenvalue weighted by Crippen LogP contribution is -2.47. The number of aliphatic carboxylic acids is 1. The quantitative estimate of drug-likeness (QED) is 0.0939. The fraction of sp³-hybridized carbons (Fsp3) is 0.514. The van der Waals surface area contributed by atoms with Crippen LogP contribution >= 0.6 is 0 Å². The zero-order valence-electron chi connectivity index (χ0n) is 26.3. The van der Waals surface area contributed by atoms with Gasteiger partial charge in [0.05, 0.1) is 18.7 Å². The van der Waals surface area contributed by atoms with Crippen LogP contribution in [-0.2, 0) is 14.9 Å². The Kier molecular flexibility index (Phi) is 13.7. The van der Waals surface area contributed by atoms with Crippen molar-refractivity contribution in [2.45, 2.75) is 103 Å². The van der Waals surface area contributed by atoms with Gasteiger partial charge in [-0.3, -0.25) is 4.79 Å². The summed E-state index contributed by atoms with van der Waals surface area (Å²) in [5.74, 6) is -2.89. The van der Waals surface area contributed by atoms with Gasteiger partial charge in [0.2, 0.25) is 0 Å². The minimum absolute atomic E-state index is 0.0407. The third-order valence-corrected chi connectivity index (χ3v) is 8.18. The molecule has 3 atom stereocenters. The van der Waals surface area contributed by atoms with E-state index in [0.29, 0.717) is 19.6 Å². The van der Waals surface area contributed by atoms with Crippen LogP contribution < -0.4 is 9.84 Å². The van der Waals surface area contributed by atoms with Crippen molar-refractivity contribution in [1.82, 2.24) is 0 Å². The number of carbonyl (C=O) groups is 2. The van der Waals surface area contributed by atoms with Gasteiger partial charge in [-0.15, -0.1) is 0 Å². The van der Waals surface area contributed by atoms with Crippen LogP contribution in [0.3, 0.4) is 0 Å². The van der Waals surface area contributed by atoms with E-state index < -0.39 is 29.0 Å². The van der Waals surface area contributed by atoms with Crippen LogP contribution in [0.2, 0.25) is 0 Å². The molecule has 0 N–H and O–H groups in total. The van der Waals surface area contributed by atoms with Crippen LogP contribution in [0, 0.1) is 5.92 Å². The molecule has 0 amide bonds. The zero-order chi connectivity index (χ0) is 31.2. The summed E-state index contributed by atoms with van der Waals surface area (Å²) < 4.78 is 27.5. The van der Waals surface area contributed by atoms with E-state index in [1.807, 2.05) is 38.1 Å². The summed E-state index contributed by atoms with van der Waals surface area (Å²) >= 11 is 0. The number of ether oxygens (including phenoxy) is 2. The molecule has 5 nitrogen and oxygen atoms in total. The maximum Gasteiger partial charge on any atom is 0.166 e. The maximum absolute atomic E-state index is 16.0. The second-order valence-electron chi connectivity index (χ2n) is 11.9. The Bertz CT molecular complexity index is 1230. The zero-order valence-corrected chi connectivity index (χ0v) is 26.3. The number of rotatable bonds is 19. The predicted molar refractivity (Wildman–Crippen MR) is 168 cm³/mol. The molecule has 0 fully saturated rings. The normalized spacial score (nSPS) is 18.8. The Morgan fingerprint density at radius 2 is 1.56 bits per heavy atom. The number of hydrogen-bond acceptors (Lipinski definition) is 5. The highest BCUT2D eigenvalue weighted by molar-refractivity contribution is 6.02. The fourth-order valence-corrected chi connectivity index (χ4v) is 5.50. The fourth-order valence-electron chi connectivity index (χ4n) is 5.50. The number of halogens is 1. The van der Waals surface area contributed by atoms with Gasteiger partial charge in [0.25, 0.3) is 0 Å². The number of unbranched alkanes of at least 4 members (excludes halogenated alkanes) is 7. The maximum atomic E-state index is 16.0. The summed E-state index contributed by atoms with van der Waals surface area (Å²) in [5.41, 5.74) is -1.13. The number of carbonyl (C=O) groups excluding carboxylic acids is 2. The van der Waals surface area contributed by atoms with Crippen molar-refractivity contribution in [2.75, 3.05) is 13.2 Å². The summed E-state index contributed by atoms with van der Waals surface area (Å²) in [7, 11) is 0. The molecule has 2 aromatic rings. The number of carboxylic acid groups (broad SMARTS) is 1. The predicted octanol–water partition coefficient (Wildman–Crippen LogP) is 8.03. The van der Waals surface area contributed by atoms with Gasteiger partial charge in [-0.25, -0.2) is 4.39 Å². The number of Topliss-reactive ketones (excluding diaryl/α,β-unsaturated/α-hetero) is 1. The topological polar surface area (TPSA) is 75.7 Å². The van der Waals surface area contributed by atoms with Crippen LogP contribution in [0.15, 0.2) is 72.6 Å². The minimum Gasteiger partial charge on any atom is -0.548 e. The highest BCUT2D eigenvalue weighted by Crippen LogP contribution is 2.43. The smallest absolute Gasteiger partial charge is 0.166 e. The van der Waals surface area contributed by atoms with Gasteiger partial charge in [-0.05, 0) is 56.0 Å². The van der Waals surface area contributed by atoms with E-state index in [0.717, 1.165) is 24.2 Å². The molecule has 3 rings (SSSR count). The largest absolute Gasteiger partial charge is 0.548 e. The van der Waals surface area contributed by atoms with Crippen molar-refractivity contribution in [1.29, 1.82) is 0 Å². The Labute approximate surface area is 257 Å². The third kappa shape index (κ3) is 9.37. The Morgan fingerprint density at radius 3 is 2.19 bits per heavy atom. The second kappa shape index (κ2) is 17.1. The minimum atomic E-state index is -2.18. The first kappa shape index (κ1) is 34.2. The van der Waals surface area contributed by atoms with E-state index in [9.17, 15) is 14.7 Å². The van der Waals surface area contributed by atoms with E-state index in [4.69, 9.17) is 9.47 Å². The molecule has 0 heterocycles. The molecule has 0 bridgehead atoms. The highest BCUT2D eigenvalue weighted by atomic mass is 19.1. The van der Waals surface area contributed by atoms with Crippen LogP contribution in [0.4, 0.5) is 4.39 Å². The van der Waals surface area contributed by atoms with E-state index in [2.05, 4.69) is 6.92 Å². The average molecular weight is 592 g/mol. The Morgan fingerprint density at radius 1 is 0.907 bits per heavy atom. The number of carboxylic acids is 1. The third-order valence-electron chi connectivity index (χ3n) is 8.18. The van der Waals surface area contributed by atoms with Crippen molar-refractivity contribution in [3.63, 3.8) is 0 Å².